The van der Waals surface area contributed by atoms with Gasteiger partial charge < -0.3 is 5.32 Å². The van der Waals surface area contributed by atoms with Gasteiger partial charge in [0.25, 0.3) is 0 Å². The predicted octanol–water partition coefficient (Wildman–Crippen LogP) is 1.31. The maximum Gasteiger partial charge on any atom is 0.242 e. The second kappa shape index (κ2) is 7.51. The molecule has 1 fully saturated rings. The van der Waals surface area contributed by atoms with Crippen LogP contribution in [0.25, 0.3) is 0 Å². The molecule has 1 saturated heterocycles. The molecule has 0 bridgehead atoms. The van der Waals surface area contributed by atoms with E-state index in [0.717, 1.165) is 56.8 Å². The molecule has 0 spiro atoms. The average Bonchev–Trinajstić information content (AvgIpc) is 2.76. The number of carbonyl (C=O) groups excluding carboxylic acids is 1. The van der Waals surface area contributed by atoms with E-state index in [0.29, 0.717) is 13.0 Å². The standard InChI is InChI=1S/C17H24N4O/c22-17-8-4-7-16(15-5-2-1-3-6-15)19-21(17)14-13-20-11-9-18-10-12-20/h1-3,5-6,18H,4,7-14H2. The highest BCUT2D eigenvalue weighted by Gasteiger charge is 2.20. The number of hydrazone groups is 1. The molecule has 1 amide bonds. The summed E-state index contributed by atoms with van der Waals surface area (Å²) in [5.74, 6) is 0.154. The molecular formula is C17H24N4O. The number of hydrogen-bond donors (Lipinski definition) is 1. The lowest BCUT2D eigenvalue weighted by Crippen LogP contribution is -2.46. The fraction of sp³-hybridized carbons (Fsp3) is 0.529. The van der Waals surface area contributed by atoms with Crippen LogP contribution in [0.5, 0.6) is 0 Å². The Kier molecular flexibility index (Phi) is 5.19. The Balaban J connectivity index is 1.67. The summed E-state index contributed by atoms with van der Waals surface area (Å²) in [6, 6.07) is 10.2. The van der Waals surface area contributed by atoms with Crippen LogP contribution >= 0.6 is 0 Å². The van der Waals surface area contributed by atoms with Crippen LogP contribution in [0.15, 0.2) is 35.4 Å². The number of nitrogens with zero attached hydrogens (tertiary/aromatic N) is 3. The minimum absolute atomic E-state index is 0.154. The van der Waals surface area contributed by atoms with Crippen LogP contribution in [0.3, 0.4) is 0 Å². The van der Waals surface area contributed by atoms with Crippen LogP contribution in [-0.2, 0) is 4.79 Å². The number of benzene rings is 1. The quantitative estimate of drug-likeness (QED) is 0.912. The van der Waals surface area contributed by atoms with Gasteiger partial charge in [0.15, 0.2) is 0 Å². The smallest absolute Gasteiger partial charge is 0.242 e. The number of hydrogen-bond acceptors (Lipinski definition) is 4. The Morgan fingerprint density at radius 2 is 1.82 bits per heavy atom. The first-order chi connectivity index (χ1) is 10.8. The van der Waals surface area contributed by atoms with E-state index in [2.05, 4.69) is 27.5 Å². The van der Waals surface area contributed by atoms with Crippen molar-refractivity contribution in [3.8, 4) is 0 Å². The summed E-state index contributed by atoms with van der Waals surface area (Å²) in [5, 5.41) is 9.71. The average molecular weight is 300 g/mol. The van der Waals surface area contributed by atoms with E-state index in [-0.39, 0.29) is 5.91 Å². The summed E-state index contributed by atoms with van der Waals surface area (Å²) in [5.41, 5.74) is 2.16. The van der Waals surface area contributed by atoms with Gasteiger partial charge in [0.1, 0.15) is 0 Å². The van der Waals surface area contributed by atoms with E-state index in [1.165, 1.54) is 0 Å². The van der Waals surface area contributed by atoms with Gasteiger partial charge in [-0.1, -0.05) is 30.3 Å². The second-order valence-corrected chi connectivity index (χ2v) is 5.87. The molecule has 0 saturated carbocycles. The van der Waals surface area contributed by atoms with E-state index in [1.807, 2.05) is 18.2 Å². The minimum atomic E-state index is 0.154. The molecule has 1 aromatic rings. The zero-order chi connectivity index (χ0) is 15.2. The molecule has 2 aliphatic rings. The lowest BCUT2D eigenvalue weighted by molar-refractivity contribution is -0.131. The van der Waals surface area contributed by atoms with E-state index >= 15 is 0 Å². The molecule has 0 aliphatic carbocycles. The van der Waals surface area contributed by atoms with E-state index in [1.54, 1.807) is 5.01 Å². The summed E-state index contributed by atoms with van der Waals surface area (Å²) in [6.07, 6.45) is 2.36. The Hall–Kier alpha value is -1.72. The molecule has 0 radical (unpaired) electrons. The Labute approximate surface area is 132 Å². The van der Waals surface area contributed by atoms with Crippen molar-refractivity contribution in [3.05, 3.63) is 35.9 Å². The molecule has 0 aromatic heterocycles. The lowest BCUT2D eigenvalue weighted by Gasteiger charge is -2.28. The molecule has 118 valence electrons. The number of amides is 1. The fourth-order valence-corrected chi connectivity index (χ4v) is 2.97. The van der Waals surface area contributed by atoms with Crippen LogP contribution in [0, 0.1) is 0 Å². The first-order valence-electron chi connectivity index (χ1n) is 8.19. The first kappa shape index (κ1) is 15.2. The summed E-state index contributed by atoms with van der Waals surface area (Å²) < 4.78 is 0. The molecule has 1 N–H and O–H groups in total. The zero-order valence-electron chi connectivity index (χ0n) is 13.0. The van der Waals surface area contributed by atoms with Crippen molar-refractivity contribution in [3.63, 3.8) is 0 Å². The third kappa shape index (κ3) is 3.93. The van der Waals surface area contributed by atoms with Crippen molar-refractivity contribution in [1.29, 1.82) is 0 Å². The highest BCUT2D eigenvalue weighted by molar-refractivity contribution is 6.01. The maximum absolute atomic E-state index is 12.3. The van der Waals surface area contributed by atoms with E-state index in [4.69, 9.17) is 0 Å². The van der Waals surface area contributed by atoms with Gasteiger partial charge in [-0.2, -0.15) is 5.10 Å². The highest BCUT2D eigenvalue weighted by atomic mass is 16.2. The SMILES string of the molecule is O=C1CCCC(c2ccccc2)=NN1CCN1CCNCC1. The van der Waals surface area contributed by atoms with Crippen LogP contribution in [0.4, 0.5) is 0 Å². The molecule has 2 heterocycles. The molecule has 5 nitrogen and oxygen atoms in total. The van der Waals surface area contributed by atoms with Crippen molar-refractivity contribution in [2.75, 3.05) is 39.3 Å². The number of piperazine rings is 1. The van der Waals surface area contributed by atoms with Gasteiger partial charge in [0, 0.05) is 39.1 Å². The molecule has 0 atom stereocenters. The molecule has 5 heteroatoms. The van der Waals surface area contributed by atoms with E-state index < -0.39 is 0 Å². The Morgan fingerprint density at radius 1 is 1.05 bits per heavy atom. The minimum Gasteiger partial charge on any atom is -0.314 e. The summed E-state index contributed by atoms with van der Waals surface area (Å²) in [4.78, 5) is 14.6. The van der Waals surface area contributed by atoms with Gasteiger partial charge in [-0.25, -0.2) is 5.01 Å². The molecule has 0 unspecified atom stereocenters. The number of rotatable bonds is 4. The molecular weight excluding hydrogens is 276 g/mol. The monoisotopic (exact) mass is 300 g/mol. The highest BCUT2D eigenvalue weighted by Crippen LogP contribution is 2.15. The van der Waals surface area contributed by atoms with Crippen molar-refractivity contribution in [2.24, 2.45) is 5.10 Å². The third-order valence-corrected chi connectivity index (χ3v) is 4.28. The molecule has 1 aromatic carbocycles. The molecule has 3 rings (SSSR count). The predicted molar refractivity (Wildman–Crippen MR) is 87.9 cm³/mol. The second-order valence-electron chi connectivity index (χ2n) is 5.87. The first-order valence-corrected chi connectivity index (χ1v) is 8.19. The van der Waals surface area contributed by atoms with Gasteiger partial charge in [0.05, 0.1) is 12.3 Å². The zero-order valence-corrected chi connectivity index (χ0v) is 13.0. The van der Waals surface area contributed by atoms with Crippen molar-refractivity contribution in [1.82, 2.24) is 15.2 Å². The van der Waals surface area contributed by atoms with Gasteiger partial charge in [-0.05, 0) is 18.4 Å². The number of nitrogens with one attached hydrogen (secondary N) is 1. The molecule has 22 heavy (non-hydrogen) atoms. The normalized spacial score (nSPS) is 20.6. The summed E-state index contributed by atoms with van der Waals surface area (Å²) in [7, 11) is 0. The van der Waals surface area contributed by atoms with Gasteiger partial charge in [0.2, 0.25) is 5.91 Å². The topological polar surface area (TPSA) is 47.9 Å². The van der Waals surface area contributed by atoms with Crippen LogP contribution in [0.2, 0.25) is 0 Å². The van der Waals surface area contributed by atoms with Crippen molar-refractivity contribution >= 4 is 11.6 Å². The Morgan fingerprint density at radius 3 is 2.59 bits per heavy atom. The molecule has 2 aliphatic heterocycles. The number of carbonyl (C=O) groups is 1. The lowest BCUT2D eigenvalue weighted by atomic mass is 10.1. The largest absolute Gasteiger partial charge is 0.314 e. The van der Waals surface area contributed by atoms with Gasteiger partial charge in [-0.3, -0.25) is 9.69 Å². The maximum atomic E-state index is 12.3. The third-order valence-electron chi connectivity index (χ3n) is 4.28. The van der Waals surface area contributed by atoms with Crippen molar-refractivity contribution < 1.29 is 4.79 Å². The summed E-state index contributed by atoms with van der Waals surface area (Å²) in [6.45, 7) is 5.77. The van der Waals surface area contributed by atoms with Crippen LogP contribution in [0.1, 0.15) is 24.8 Å². The van der Waals surface area contributed by atoms with Gasteiger partial charge in [-0.15, -0.1) is 0 Å². The Bertz CT molecular complexity index is 523. The summed E-state index contributed by atoms with van der Waals surface area (Å²) >= 11 is 0. The van der Waals surface area contributed by atoms with Crippen molar-refractivity contribution in [2.45, 2.75) is 19.3 Å². The van der Waals surface area contributed by atoms with E-state index in [9.17, 15) is 4.79 Å². The fourth-order valence-electron chi connectivity index (χ4n) is 2.97. The van der Waals surface area contributed by atoms with Crippen LogP contribution < -0.4 is 5.32 Å². The van der Waals surface area contributed by atoms with Gasteiger partial charge >= 0.3 is 0 Å². The van der Waals surface area contributed by atoms with Crippen LogP contribution in [-0.4, -0.2) is 60.8 Å².